The molecule has 0 amide bonds. The molecule has 0 atom stereocenters. The number of hydrogen-bond donors (Lipinski definition) is 1. The van der Waals surface area contributed by atoms with Gasteiger partial charge in [0, 0.05) is 6.07 Å². The van der Waals surface area contributed by atoms with Crippen LogP contribution in [0.5, 0.6) is 0 Å². The Labute approximate surface area is 94.8 Å². The third kappa shape index (κ3) is 1.63. The van der Waals surface area contributed by atoms with Gasteiger partial charge in [-0.2, -0.15) is 0 Å². The molecule has 1 heterocycles. The van der Waals surface area contributed by atoms with Crippen molar-refractivity contribution >= 4 is 17.5 Å². The maximum Gasteiger partial charge on any atom is 0.222 e. The first kappa shape index (κ1) is 10.9. The van der Waals surface area contributed by atoms with Crippen LogP contribution >= 0.6 is 11.6 Å². The molecule has 0 aliphatic heterocycles. The van der Waals surface area contributed by atoms with Crippen LogP contribution in [0.4, 0.5) is 14.7 Å². The lowest BCUT2D eigenvalue weighted by atomic mass is 10.1. The van der Waals surface area contributed by atoms with E-state index in [1.807, 2.05) is 0 Å². The lowest BCUT2D eigenvalue weighted by Gasteiger charge is -2.05. The SMILES string of the molecule is Cc1cc(Cl)c(F)c(-c2cc(N)on2)c1F. The molecule has 84 valence electrons. The number of nitrogen functional groups attached to an aromatic ring is 1. The monoisotopic (exact) mass is 244 g/mol. The number of aryl methyl sites for hydroxylation is 1. The van der Waals surface area contributed by atoms with Gasteiger partial charge in [-0.05, 0) is 18.6 Å². The summed E-state index contributed by atoms with van der Waals surface area (Å²) in [5, 5.41) is 3.28. The van der Waals surface area contributed by atoms with Crippen molar-refractivity contribution in [2.45, 2.75) is 6.92 Å². The lowest BCUT2D eigenvalue weighted by Crippen LogP contribution is -1.95. The van der Waals surface area contributed by atoms with Gasteiger partial charge in [-0.3, -0.25) is 0 Å². The van der Waals surface area contributed by atoms with Crippen LogP contribution in [0, 0.1) is 18.6 Å². The number of nitrogens with two attached hydrogens (primary N) is 1. The highest BCUT2D eigenvalue weighted by Crippen LogP contribution is 2.32. The van der Waals surface area contributed by atoms with Crippen molar-refractivity contribution in [3.8, 4) is 11.3 Å². The zero-order valence-electron chi connectivity index (χ0n) is 8.22. The second-order valence-electron chi connectivity index (χ2n) is 3.29. The molecule has 16 heavy (non-hydrogen) atoms. The molecule has 0 unspecified atom stereocenters. The molecule has 0 spiro atoms. The number of aromatic nitrogens is 1. The largest absolute Gasteiger partial charge is 0.368 e. The number of benzene rings is 1. The van der Waals surface area contributed by atoms with Gasteiger partial charge in [0.1, 0.15) is 11.5 Å². The Kier molecular flexibility index (Phi) is 2.55. The van der Waals surface area contributed by atoms with Crippen molar-refractivity contribution in [3.63, 3.8) is 0 Å². The van der Waals surface area contributed by atoms with E-state index in [0.29, 0.717) is 0 Å². The van der Waals surface area contributed by atoms with Crippen molar-refractivity contribution in [1.29, 1.82) is 0 Å². The fourth-order valence-corrected chi connectivity index (χ4v) is 1.62. The van der Waals surface area contributed by atoms with Crippen LogP contribution in [-0.4, -0.2) is 5.16 Å². The number of halogens is 3. The number of rotatable bonds is 1. The first-order chi connectivity index (χ1) is 7.50. The summed E-state index contributed by atoms with van der Waals surface area (Å²) in [6.45, 7) is 1.48. The van der Waals surface area contributed by atoms with Gasteiger partial charge in [0.2, 0.25) is 5.88 Å². The average molecular weight is 245 g/mol. The fourth-order valence-electron chi connectivity index (χ4n) is 1.36. The Morgan fingerprint density at radius 1 is 1.31 bits per heavy atom. The predicted molar refractivity (Wildman–Crippen MR) is 56.0 cm³/mol. The van der Waals surface area contributed by atoms with Crippen molar-refractivity contribution < 1.29 is 13.3 Å². The summed E-state index contributed by atoms with van der Waals surface area (Å²) in [4.78, 5) is 0. The van der Waals surface area contributed by atoms with Gasteiger partial charge in [-0.25, -0.2) is 8.78 Å². The third-order valence-electron chi connectivity index (χ3n) is 2.12. The standard InChI is InChI=1S/C10H7ClF2N2O/c1-4-2-5(11)10(13)8(9(4)12)6-3-7(14)16-15-6/h2-3H,14H2,1H3. The van der Waals surface area contributed by atoms with Crippen LogP contribution in [0.25, 0.3) is 11.3 Å². The molecule has 6 heteroatoms. The maximum absolute atomic E-state index is 13.7. The Morgan fingerprint density at radius 3 is 2.56 bits per heavy atom. The van der Waals surface area contributed by atoms with Crippen LogP contribution in [0.3, 0.4) is 0 Å². The molecule has 0 radical (unpaired) electrons. The molecular weight excluding hydrogens is 238 g/mol. The molecule has 2 rings (SSSR count). The minimum Gasteiger partial charge on any atom is -0.368 e. The highest BCUT2D eigenvalue weighted by atomic mass is 35.5. The highest BCUT2D eigenvalue weighted by Gasteiger charge is 2.20. The lowest BCUT2D eigenvalue weighted by molar-refractivity contribution is 0.438. The molecule has 2 N–H and O–H groups in total. The molecule has 0 fully saturated rings. The second kappa shape index (κ2) is 3.75. The second-order valence-corrected chi connectivity index (χ2v) is 3.70. The Balaban J connectivity index is 2.73. The third-order valence-corrected chi connectivity index (χ3v) is 2.40. The van der Waals surface area contributed by atoms with Gasteiger partial charge < -0.3 is 10.3 Å². The quantitative estimate of drug-likeness (QED) is 0.784. The summed E-state index contributed by atoms with van der Waals surface area (Å²) in [5.74, 6) is -1.63. The molecular formula is C10H7ClF2N2O. The van der Waals surface area contributed by atoms with Crippen molar-refractivity contribution in [3.05, 3.63) is 34.4 Å². The van der Waals surface area contributed by atoms with Gasteiger partial charge in [-0.15, -0.1) is 0 Å². The van der Waals surface area contributed by atoms with Gasteiger partial charge in [0.15, 0.2) is 5.82 Å². The minimum absolute atomic E-state index is 0.0156. The van der Waals surface area contributed by atoms with E-state index >= 15 is 0 Å². The summed E-state index contributed by atoms with van der Waals surface area (Å²) < 4.78 is 31.9. The molecule has 3 nitrogen and oxygen atoms in total. The van der Waals surface area contributed by atoms with E-state index in [9.17, 15) is 8.78 Å². The van der Waals surface area contributed by atoms with Gasteiger partial charge in [0.05, 0.1) is 10.6 Å². The first-order valence-electron chi connectivity index (χ1n) is 4.37. The maximum atomic E-state index is 13.7. The fraction of sp³-hybridized carbons (Fsp3) is 0.100. The zero-order chi connectivity index (χ0) is 11.9. The smallest absolute Gasteiger partial charge is 0.222 e. The van der Waals surface area contributed by atoms with Crippen LogP contribution < -0.4 is 5.73 Å². The predicted octanol–water partition coefficient (Wildman–Crippen LogP) is 3.16. The van der Waals surface area contributed by atoms with E-state index in [1.54, 1.807) is 0 Å². The molecule has 1 aromatic heterocycles. The Hall–Kier alpha value is -1.62. The van der Waals surface area contributed by atoms with E-state index in [4.69, 9.17) is 17.3 Å². The number of anilines is 1. The van der Waals surface area contributed by atoms with Gasteiger partial charge >= 0.3 is 0 Å². The molecule has 1 aromatic carbocycles. The number of hydrogen-bond acceptors (Lipinski definition) is 3. The minimum atomic E-state index is -0.877. The molecule has 0 bridgehead atoms. The molecule has 0 aliphatic rings. The highest BCUT2D eigenvalue weighted by molar-refractivity contribution is 6.31. The van der Waals surface area contributed by atoms with Crippen LogP contribution in [-0.2, 0) is 0 Å². The van der Waals surface area contributed by atoms with Crippen LogP contribution in [0.2, 0.25) is 5.02 Å². The summed E-state index contributed by atoms with van der Waals surface area (Å²) in [6.07, 6.45) is 0. The Bertz CT molecular complexity index is 528. The van der Waals surface area contributed by atoms with Crippen molar-refractivity contribution in [2.75, 3.05) is 5.73 Å². The summed E-state index contributed by atoms with van der Waals surface area (Å²) in [5.41, 5.74) is 5.17. The van der Waals surface area contributed by atoms with E-state index in [0.717, 1.165) is 0 Å². The van der Waals surface area contributed by atoms with Gasteiger partial charge in [-0.1, -0.05) is 16.8 Å². The normalized spacial score (nSPS) is 10.8. The van der Waals surface area contributed by atoms with E-state index in [1.165, 1.54) is 19.1 Å². The van der Waals surface area contributed by atoms with E-state index in [2.05, 4.69) is 9.68 Å². The van der Waals surface area contributed by atoms with Crippen molar-refractivity contribution in [2.24, 2.45) is 0 Å². The number of nitrogens with zero attached hydrogens (tertiary/aromatic N) is 1. The zero-order valence-corrected chi connectivity index (χ0v) is 8.98. The molecule has 0 aliphatic carbocycles. The summed E-state index contributed by atoms with van der Waals surface area (Å²) in [6, 6.07) is 2.44. The topological polar surface area (TPSA) is 52.0 Å². The first-order valence-corrected chi connectivity index (χ1v) is 4.75. The molecule has 0 saturated heterocycles. The van der Waals surface area contributed by atoms with Gasteiger partial charge in [0.25, 0.3) is 0 Å². The van der Waals surface area contributed by atoms with E-state index in [-0.39, 0.29) is 27.7 Å². The van der Waals surface area contributed by atoms with E-state index < -0.39 is 11.6 Å². The Morgan fingerprint density at radius 2 is 2.00 bits per heavy atom. The summed E-state index contributed by atoms with van der Waals surface area (Å²) in [7, 11) is 0. The van der Waals surface area contributed by atoms with Crippen molar-refractivity contribution in [1.82, 2.24) is 5.16 Å². The average Bonchev–Trinajstić information content (AvgIpc) is 2.62. The molecule has 2 aromatic rings. The molecule has 0 saturated carbocycles. The summed E-state index contributed by atoms with van der Waals surface area (Å²) >= 11 is 5.62. The van der Waals surface area contributed by atoms with Crippen LogP contribution in [0.1, 0.15) is 5.56 Å². The van der Waals surface area contributed by atoms with Crippen LogP contribution in [0.15, 0.2) is 16.7 Å².